The van der Waals surface area contributed by atoms with Crippen LogP contribution < -0.4 is 0 Å². The second-order valence-electron chi connectivity index (χ2n) is 11.5. The smallest absolute Gasteiger partial charge is 0.0616 e. The van der Waals surface area contributed by atoms with Crippen LogP contribution in [0.25, 0.3) is 97.7 Å². The average molecular weight is 562 g/mol. The highest BCUT2D eigenvalue weighted by molar-refractivity contribution is 6.32. The molecule has 0 nitrogen and oxygen atoms in total. The molecule has 0 saturated heterocycles. The maximum atomic E-state index is 9.39. The van der Waals surface area contributed by atoms with E-state index in [-0.39, 0.29) is 46.5 Å². The summed E-state index contributed by atoms with van der Waals surface area (Å²) in [5.74, 6) is 0. The van der Waals surface area contributed by atoms with E-state index in [4.69, 9.17) is 8.22 Å². The number of benzene rings is 10. The highest BCUT2D eigenvalue weighted by atomic mass is 14.2. The van der Waals surface area contributed by atoms with Gasteiger partial charge in [0.1, 0.15) is 0 Å². The third-order valence-corrected chi connectivity index (χ3v) is 9.27. The Bertz CT molecular complexity index is 3140. The monoisotopic (exact) mass is 561 g/mol. The maximum absolute atomic E-state index is 9.39. The van der Waals surface area contributed by atoms with E-state index in [9.17, 15) is 1.37 Å². The molecule has 0 bridgehead atoms. The fraction of sp³-hybridized carbons (Fsp3) is 0. The summed E-state index contributed by atoms with van der Waals surface area (Å²) in [7, 11) is 0. The minimum absolute atomic E-state index is 0.0506. The Morgan fingerprint density at radius 1 is 0.295 bits per heavy atom. The van der Waals surface area contributed by atoms with Crippen molar-refractivity contribution in [2.45, 2.75) is 0 Å². The normalized spacial score (nSPS) is 14.3. The van der Waals surface area contributed by atoms with Gasteiger partial charge in [0.2, 0.25) is 0 Å². The number of hydrogen-bond donors (Lipinski definition) is 0. The Kier molecular flexibility index (Phi) is 3.65. The van der Waals surface area contributed by atoms with Crippen molar-refractivity contribution in [1.82, 2.24) is 0 Å². The predicted molar refractivity (Wildman–Crippen MR) is 191 cm³/mol. The average Bonchev–Trinajstić information content (AvgIpc) is 3.16. The summed E-state index contributed by atoms with van der Waals surface area (Å²) >= 11 is 0. The van der Waals surface area contributed by atoms with Gasteiger partial charge in [-0.2, -0.15) is 0 Å². The van der Waals surface area contributed by atoms with E-state index >= 15 is 0 Å². The van der Waals surface area contributed by atoms with E-state index in [0.29, 0.717) is 5.56 Å². The molecule has 0 unspecified atom stereocenters. The first-order valence-corrected chi connectivity index (χ1v) is 14.8. The molecule has 0 fully saturated rings. The summed E-state index contributed by atoms with van der Waals surface area (Å²) in [6, 6.07) is 37.2. The maximum Gasteiger partial charge on any atom is 0.0629 e. The van der Waals surface area contributed by atoms with Crippen LogP contribution in [0.15, 0.2) is 158 Å². The van der Waals surface area contributed by atoms with Crippen LogP contribution in [0, 0.1) is 0 Å². The molecule has 10 rings (SSSR count). The predicted octanol–water partition coefficient (Wildman–Crippen LogP) is 12.5. The minimum Gasteiger partial charge on any atom is -0.0616 e. The Morgan fingerprint density at radius 2 is 0.909 bits per heavy atom. The Balaban J connectivity index is 1.48. The van der Waals surface area contributed by atoms with Gasteiger partial charge in [0.25, 0.3) is 0 Å². The third kappa shape index (κ3) is 3.17. The second kappa shape index (κ2) is 8.89. The van der Waals surface area contributed by atoms with Gasteiger partial charge >= 0.3 is 0 Å². The first kappa shape index (κ1) is 18.1. The van der Waals surface area contributed by atoms with Gasteiger partial charge in [-0.25, -0.2) is 0 Å². The molecule has 44 heavy (non-hydrogen) atoms. The second-order valence-corrected chi connectivity index (χ2v) is 11.5. The summed E-state index contributed by atoms with van der Waals surface area (Å²) in [6.45, 7) is 0. The molecule has 0 aliphatic rings. The lowest BCUT2D eigenvalue weighted by molar-refractivity contribution is 1.70. The van der Waals surface area contributed by atoms with Gasteiger partial charge in [0, 0.05) is 0 Å². The van der Waals surface area contributed by atoms with Gasteiger partial charge in [0.15, 0.2) is 0 Å². The third-order valence-electron chi connectivity index (χ3n) is 9.27. The molecule has 0 aliphatic carbocycles. The lowest BCUT2D eigenvalue weighted by atomic mass is 9.81. The highest BCUT2D eigenvalue weighted by Crippen LogP contribution is 2.49. The molecule has 202 valence electrons. The summed E-state index contributed by atoms with van der Waals surface area (Å²) in [4.78, 5) is 0. The Hall–Kier alpha value is -5.72. The SMILES string of the molecule is [2H]c1c([2H])c([2H])c2c(-c3c4ccccc4c(-c4ccc5ccc6cccc7ccc4c5c67)c4ccc5ccccc5c34)c([2H])c([2H])c([2H])c2c1[2H]. The van der Waals surface area contributed by atoms with Crippen LogP contribution in [-0.4, -0.2) is 0 Å². The van der Waals surface area contributed by atoms with Gasteiger partial charge in [-0.3, -0.25) is 0 Å². The van der Waals surface area contributed by atoms with Crippen molar-refractivity contribution in [2.24, 2.45) is 0 Å². The van der Waals surface area contributed by atoms with Crippen molar-refractivity contribution in [3.8, 4) is 22.3 Å². The van der Waals surface area contributed by atoms with Crippen LogP contribution in [0.5, 0.6) is 0 Å². The van der Waals surface area contributed by atoms with Crippen molar-refractivity contribution in [1.29, 1.82) is 0 Å². The molecule has 0 atom stereocenters. The zero-order valence-corrected chi connectivity index (χ0v) is 23.5. The summed E-state index contributed by atoms with van der Waals surface area (Å²) in [6.07, 6.45) is 0. The molecule has 0 spiro atoms. The van der Waals surface area contributed by atoms with Crippen LogP contribution in [-0.2, 0) is 0 Å². The molecule has 10 aromatic rings. The molecule has 0 amide bonds. The van der Waals surface area contributed by atoms with E-state index in [2.05, 4.69) is 72.8 Å². The zero-order valence-electron chi connectivity index (χ0n) is 30.5. The number of hydrogen-bond acceptors (Lipinski definition) is 0. The standard InChI is InChI=1S/C44H26/c1-3-14-32-27(9-1)11-8-18-34(32)44-36-17-6-5-16-35(36)42(39-26-21-28-10-2-4-15-33(28)43(39)44)38-25-23-31-20-19-29-12-7-13-30-22-24-37(38)41(31)40(29)30/h1-26H/i1D,3D,8D,9D,11D,14D,18D. The van der Waals surface area contributed by atoms with Crippen molar-refractivity contribution < 1.29 is 9.60 Å². The topological polar surface area (TPSA) is 0 Å². The minimum atomic E-state index is -0.464. The molecular weight excluding hydrogens is 528 g/mol. The Labute approximate surface area is 264 Å². The summed E-state index contributed by atoms with van der Waals surface area (Å²) in [5.41, 5.74) is 2.93. The van der Waals surface area contributed by atoms with Crippen LogP contribution >= 0.6 is 0 Å². The molecular formula is C44H26. The molecule has 0 heteroatoms. The molecule has 0 N–H and O–H groups in total. The number of fused-ring (bicyclic) bond motifs is 5. The van der Waals surface area contributed by atoms with Crippen LogP contribution in [0.3, 0.4) is 0 Å². The van der Waals surface area contributed by atoms with E-state index in [1.54, 1.807) is 0 Å². The Morgan fingerprint density at radius 3 is 1.77 bits per heavy atom. The largest absolute Gasteiger partial charge is 0.0629 e. The first-order valence-electron chi connectivity index (χ1n) is 18.3. The molecule has 0 aliphatic heterocycles. The van der Waals surface area contributed by atoms with Gasteiger partial charge in [0.05, 0.1) is 9.60 Å². The van der Waals surface area contributed by atoms with Gasteiger partial charge < -0.3 is 0 Å². The fourth-order valence-corrected chi connectivity index (χ4v) is 7.45. The van der Waals surface area contributed by atoms with Crippen molar-refractivity contribution in [3.63, 3.8) is 0 Å². The van der Waals surface area contributed by atoms with Crippen molar-refractivity contribution in [3.05, 3.63) is 158 Å². The van der Waals surface area contributed by atoms with Crippen LogP contribution in [0.4, 0.5) is 0 Å². The van der Waals surface area contributed by atoms with Crippen LogP contribution in [0.1, 0.15) is 9.60 Å². The van der Waals surface area contributed by atoms with E-state index < -0.39 is 12.1 Å². The summed E-state index contributed by atoms with van der Waals surface area (Å²) in [5, 5.41) is 12.5. The molecule has 0 aromatic heterocycles. The highest BCUT2D eigenvalue weighted by Gasteiger charge is 2.21. The quantitative estimate of drug-likeness (QED) is 0.145. The van der Waals surface area contributed by atoms with Gasteiger partial charge in [-0.1, -0.05) is 158 Å². The fourth-order valence-electron chi connectivity index (χ4n) is 7.45. The molecule has 0 saturated carbocycles. The molecule has 0 heterocycles. The van der Waals surface area contributed by atoms with Gasteiger partial charge in [-0.15, -0.1) is 0 Å². The molecule has 10 aromatic carbocycles. The first-order chi connectivity index (χ1) is 24.8. The van der Waals surface area contributed by atoms with E-state index in [1.165, 1.54) is 21.5 Å². The molecule has 0 radical (unpaired) electrons. The van der Waals surface area contributed by atoms with Crippen LogP contribution in [0.2, 0.25) is 0 Å². The van der Waals surface area contributed by atoms with E-state index in [0.717, 1.165) is 54.2 Å². The summed E-state index contributed by atoms with van der Waals surface area (Å²) < 4.78 is 62.1. The van der Waals surface area contributed by atoms with Crippen molar-refractivity contribution >= 4 is 75.4 Å². The van der Waals surface area contributed by atoms with E-state index in [1.807, 2.05) is 42.5 Å². The lowest BCUT2D eigenvalue weighted by Gasteiger charge is -2.21. The van der Waals surface area contributed by atoms with Gasteiger partial charge in [-0.05, 0) is 97.7 Å². The van der Waals surface area contributed by atoms with Crippen molar-refractivity contribution in [2.75, 3.05) is 0 Å². The lowest BCUT2D eigenvalue weighted by Crippen LogP contribution is -1.94. The number of rotatable bonds is 2. The zero-order chi connectivity index (χ0) is 34.9.